The van der Waals surface area contributed by atoms with Gasteiger partial charge in [0.05, 0.1) is 12.0 Å². The number of nitro groups is 1. The standard InChI is InChI=1S/C29H32FN3O6/c1-20(2)17-31-29(35)26(15-21-7-5-4-6-8-21)32(18-22-9-11-23(30)12-10-22)28(34)19-39-24-13-14-25(33(36)37)27(16-24)38-3/h4-14,16,20,26H,15,17-19H2,1-3H3,(H,31,35). The van der Waals surface area contributed by atoms with Crippen LogP contribution in [0.15, 0.2) is 72.8 Å². The van der Waals surface area contributed by atoms with Gasteiger partial charge in [0.2, 0.25) is 11.7 Å². The zero-order valence-electron chi connectivity index (χ0n) is 22.1. The molecule has 39 heavy (non-hydrogen) atoms. The van der Waals surface area contributed by atoms with Crippen LogP contribution in [-0.2, 0) is 22.6 Å². The molecule has 0 aliphatic heterocycles. The molecule has 0 heterocycles. The molecule has 0 saturated heterocycles. The maximum atomic E-state index is 13.6. The number of amides is 2. The van der Waals surface area contributed by atoms with Crippen molar-refractivity contribution in [3.05, 3.63) is 99.9 Å². The number of halogens is 1. The van der Waals surface area contributed by atoms with E-state index in [1.807, 2.05) is 44.2 Å². The van der Waals surface area contributed by atoms with Crippen LogP contribution in [0.5, 0.6) is 11.5 Å². The summed E-state index contributed by atoms with van der Waals surface area (Å²) in [6, 6.07) is 18.1. The minimum Gasteiger partial charge on any atom is -0.490 e. The summed E-state index contributed by atoms with van der Waals surface area (Å²) >= 11 is 0. The first-order valence-corrected chi connectivity index (χ1v) is 12.5. The van der Waals surface area contributed by atoms with Gasteiger partial charge in [-0.2, -0.15) is 0 Å². The van der Waals surface area contributed by atoms with Gasteiger partial charge in [-0.25, -0.2) is 4.39 Å². The Morgan fingerprint density at radius 2 is 1.72 bits per heavy atom. The Morgan fingerprint density at radius 1 is 1.03 bits per heavy atom. The normalized spacial score (nSPS) is 11.5. The number of benzene rings is 3. The second kappa shape index (κ2) is 13.9. The molecular formula is C29H32FN3O6. The molecule has 3 rings (SSSR count). The highest BCUT2D eigenvalue weighted by Crippen LogP contribution is 2.30. The zero-order chi connectivity index (χ0) is 28.4. The van der Waals surface area contributed by atoms with Crippen LogP contribution in [0.2, 0.25) is 0 Å². The fourth-order valence-corrected chi connectivity index (χ4v) is 3.89. The van der Waals surface area contributed by atoms with Crippen LogP contribution in [0, 0.1) is 21.8 Å². The molecule has 0 saturated carbocycles. The Hall–Kier alpha value is -4.47. The molecule has 1 unspecified atom stereocenters. The van der Waals surface area contributed by atoms with E-state index in [9.17, 15) is 24.1 Å². The fraction of sp³-hybridized carbons (Fsp3) is 0.310. The lowest BCUT2D eigenvalue weighted by Crippen LogP contribution is -2.52. The molecule has 3 aromatic rings. The number of carbonyl (C=O) groups excluding carboxylic acids is 2. The number of nitro benzene ring substituents is 1. The Labute approximate surface area is 226 Å². The highest BCUT2D eigenvalue weighted by molar-refractivity contribution is 5.88. The highest BCUT2D eigenvalue weighted by Gasteiger charge is 2.31. The summed E-state index contributed by atoms with van der Waals surface area (Å²) < 4.78 is 24.3. The topological polar surface area (TPSA) is 111 Å². The van der Waals surface area contributed by atoms with E-state index in [0.717, 1.165) is 5.56 Å². The Balaban J connectivity index is 1.90. The highest BCUT2D eigenvalue weighted by atomic mass is 19.1. The lowest BCUT2D eigenvalue weighted by Gasteiger charge is -2.31. The van der Waals surface area contributed by atoms with E-state index in [1.54, 1.807) is 12.1 Å². The summed E-state index contributed by atoms with van der Waals surface area (Å²) in [5.41, 5.74) is 1.26. The minimum absolute atomic E-state index is 0.0110. The van der Waals surface area contributed by atoms with Crippen molar-refractivity contribution in [2.45, 2.75) is 32.9 Å². The number of hydrogen-bond acceptors (Lipinski definition) is 6. The molecule has 206 valence electrons. The SMILES string of the molecule is COc1cc(OCC(=O)N(Cc2ccc(F)cc2)C(Cc2ccccc2)C(=O)NCC(C)C)ccc1[N+](=O)[O-]. The summed E-state index contributed by atoms with van der Waals surface area (Å²) in [5.74, 6) is -0.840. The third-order valence-corrected chi connectivity index (χ3v) is 5.93. The van der Waals surface area contributed by atoms with Crippen molar-refractivity contribution in [3.63, 3.8) is 0 Å². The van der Waals surface area contributed by atoms with Crippen LogP contribution in [-0.4, -0.2) is 47.9 Å². The van der Waals surface area contributed by atoms with Crippen LogP contribution in [0.1, 0.15) is 25.0 Å². The first-order valence-electron chi connectivity index (χ1n) is 12.5. The third kappa shape index (κ3) is 8.53. The molecule has 3 aromatic carbocycles. The molecule has 0 radical (unpaired) electrons. The van der Waals surface area contributed by atoms with Gasteiger partial charge in [-0.05, 0) is 35.2 Å². The summed E-state index contributed by atoms with van der Waals surface area (Å²) in [4.78, 5) is 39.0. The maximum Gasteiger partial charge on any atom is 0.311 e. The lowest BCUT2D eigenvalue weighted by molar-refractivity contribution is -0.385. The molecular weight excluding hydrogens is 505 g/mol. The first kappa shape index (κ1) is 29.1. The smallest absolute Gasteiger partial charge is 0.311 e. The second-order valence-electron chi connectivity index (χ2n) is 9.37. The summed E-state index contributed by atoms with van der Waals surface area (Å²) in [7, 11) is 1.30. The molecule has 0 fully saturated rings. The van der Waals surface area contributed by atoms with Crippen LogP contribution < -0.4 is 14.8 Å². The average molecular weight is 538 g/mol. The summed E-state index contributed by atoms with van der Waals surface area (Å²) in [5, 5.41) is 14.1. The summed E-state index contributed by atoms with van der Waals surface area (Å²) in [6.07, 6.45) is 0.253. The average Bonchev–Trinajstić information content (AvgIpc) is 2.93. The number of methoxy groups -OCH3 is 1. The van der Waals surface area contributed by atoms with Crippen LogP contribution in [0.4, 0.5) is 10.1 Å². The van der Waals surface area contributed by atoms with Gasteiger partial charge in [0.25, 0.3) is 5.91 Å². The number of nitrogens with zero attached hydrogens (tertiary/aromatic N) is 2. The first-order chi connectivity index (χ1) is 18.7. The molecule has 0 aromatic heterocycles. The van der Waals surface area contributed by atoms with Crippen LogP contribution in [0.3, 0.4) is 0 Å². The molecule has 9 nitrogen and oxygen atoms in total. The second-order valence-corrected chi connectivity index (χ2v) is 9.37. The maximum absolute atomic E-state index is 13.6. The van der Waals surface area contributed by atoms with E-state index in [0.29, 0.717) is 12.1 Å². The molecule has 0 bridgehead atoms. The lowest BCUT2D eigenvalue weighted by atomic mass is 10.0. The molecule has 0 aliphatic rings. The van der Waals surface area contributed by atoms with Crippen molar-refractivity contribution in [2.75, 3.05) is 20.3 Å². The van der Waals surface area contributed by atoms with Crippen molar-refractivity contribution >= 4 is 17.5 Å². The third-order valence-electron chi connectivity index (χ3n) is 5.93. The van der Waals surface area contributed by atoms with Crippen molar-refractivity contribution in [3.8, 4) is 11.5 Å². The predicted molar refractivity (Wildman–Crippen MR) is 144 cm³/mol. The Kier molecular flexibility index (Phi) is 10.4. The minimum atomic E-state index is -0.876. The molecule has 0 spiro atoms. The quantitative estimate of drug-likeness (QED) is 0.253. The van der Waals surface area contributed by atoms with Crippen molar-refractivity contribution in [2.24, 2.45) is 5.92 Å². The van der Waals surface area contributed by atoms with Gasteiger partial charge in [-0.15, -0.1) is 0 Å². The van der Waals surface area contributed by atoms with Gasteiger partial charge >= 0.3 is 5.69 Å². The van der Waals surface area contributed by atoms with Gasteiger partial charge in [-0.3, -0.25) is 19.7 Å². The molecule has 1 N–H and O–H groups in total. The number of carbonyl (C=O) groups is 2. The van der Waals surface area contributed by atoms with E-state index in [2.05, 4.69) is 5.32 Å². The number of ether oxygens (including phenoxy) is 2. The van der Waals surface area contributed by atoms with E-state index in [4.69, 9.17) is 9.47 Å². The van der Waals surface area contributed by atoms with Gasteiger partial charge in [0.1, 0.15) is 17.6 Å². The van der Waals surface area contributed by atoms with Gasteiger partial charge in [0, 0.05) is 31.6 Å². The number of nitrogens with one attached hydrogen (secondary N) is 1. The predicted octanol–water partition coefficient (Wildman–Crippen LogP) is 4.53. The van der Waals surface area contributed by atoms with Crippen molar-refractivity contribution < 1.29 is 28.4 Å². The molecule has 0 aliphatic carbocycles. The van der Waals surface area contributed by atoms with Crippen LogP contribution >= 0.6 is 0 Å². The fourth-order valence-electron chi connectivity index (χ4n) is 3.89. The van der Waals surface area contributed by atoms with Gasteiger partial charge in [-0.1, -0.05) is 56.3 Å². The van der Waals surface area contributed by atoms with E-state index in [-0.39, 0.29) is 42.0 Å². The van der Waals surface area contributed by atoms with Gasteiger partial charge in [0.15, 0.2) is 6.61 Å². The largest absolute Gasteiger partial charge is 0.490 e. The Bertz CT molecular complexity index is 1270. The summed E-state index contributed by atoms with van der Waals surface area (Å²) in [6.45, 7) is 3.98. The number of hydrogen-bond donors (Lipinski definition) is 1. The van der Waals surface area contributed by atoms with E-state index < -0.39 is 29.3 Å². The van der Waals surface area contributed by atoms with Gasteiger partial charge < -0.3 is 19.7 Å². The molecule has 1 atom stereocenters. The monoisotopic (exact) mass is 537 g/mol. The van der Waals surface area contributed by atoms with E-state index in [1.165, 1.54) is 42.3 Å². The van der Waals surface area contributed by atoms with Crippen molar-refractivity contribution in [1.29, 1.82) is 0 Å². The molecule has 2 amide bonds. The zero-order valence-corrected chi connectivity index (χ0v) is 22.1. The van der Waals surface area contributed by atoms with Crippen molar-refractivity contribution in [1.82, 2.24) is 10.2 Å². The van der Waals surface area contributed by atoms with E-state index >= 15 is 0 Å². The Morgan fingerprint density at radius 3 is 2.33 bits per heavy atom. The van der Waals surface area contributed by atoms with Crippen LogP contribution in [0.25, 0.3) is 0 Å². The molecule has 10 heteroatoms. The number of rotatable bonds is 13.